The van der Waals surface area contributed by atoms with E-state index in [0.717, 1.165) is 35.4 Å². The Labute approximate surface area is 126 Å². The molecule has 104 valence electrons. The summed E-state index contributed by atoms with van der Waals surface area (Å²) in [6, 6.07) is 2.11. The smallest absolute Gasteiger partial charge is 0.106 e. The molecule has 0 aliphatic heterocycles. The van der Waals surface area contributed by atoms with Gasteiger partial charge in [-0.2, -0.15) is 0 Å². The van der Waals surface area contributed by atoms with Gasteiger partial charge in [0.05, 0.1) is 16.8 Å². The topological polar surface area (TPSA) is 54.7 Å². The van der Waals surface area contributed by atoms with Gasteiger partial charge >= 0.3 is 0 Å². The lowest BCUT2D eigenvalue weighted by molar-refractivity contribution is 0.409. The molecule has 0 aliphatic carbocycles. The summed E-state index contributed by atoms with van der Waals surface area (Å²) in [4.78, 5) is 9.09. The molecule has 5 heteroatoms. The quantitative estimate of drug-likeness (QED) is 0.832. The number of hydrogen-bond donors (Lipinski definition) is 2. The van der Waals surface area contributed by atoms with Crippen LogP contribution in [0.15, 0.2) is 22.1 Å². The van der Waals surface area contributed by atoms with Crippen LogP contribution in [-0.2, 0) is 6.42 Å². The molecular weight excluding hydrogens is 322 g/mol. The summed E-state index contributed by atoms with van der Waals surface area (Å²) in [6.45, 7) is 5.19. The van der Waals surface area contributed by atoms with E-state index >= 15 is 0 Å². The summed E-state index contributed by atoms with van der Waals surface area (Å²) in [5.74, 6) is 2.22. The normalized spacial score (nSPS) is 13.1. The molecule has 0 bridgehead atoms. The van der Waals surface area contributed by atoms with E-state index in [1.54, 1.807) is 11.3 Å². The second-order valence-corrected chi connectivity index (χ2v) is 7.14. The van der Waals surface area contributed by atoms with Crippen LogP contribution in [0.5, 0.6) is 0 Å². The average molecular weight is 342 g/mol. The van der Waals surface area contributed by atoms with Gasteiger partial charge in [-0.15, -0.1) is 11.3 Å². The van der Waals surface area contributed by atoms with Crippen molar-refractivity contribution in [2.75, 3.05) is 6.54 Å². The highest BCUT2D eigenvalue weighted by atomic mass is 79.9. The van der Waals surface area contributed by atoms with Crippen molar-refractivity contribution in [1.82, 2.24) is 9.97 Å². The molecule has 3 nitrogen and oxygen atoms in total. The molecule has 0 aliphatic rings. The van der Waals surface area contributed by atoms with Gasteiger partial charge in [0, 0.05) is 16.3 Å². The van der Waals surface area contributed by atoms with Gasteiger partial charge < -0.3 is 10.7 Å². The van der Waals surface area contributed by atoms with Crippen molar-refractivity contribution in [2.24, 2.45) is 17.6 Å². The lowest BCUT2D eigenvalue weighted by Crippen LogP contribution is -2.19. The molecule has 0 fully saturated rings. The summed E-state index contributed by atoms with van der Waals surface area (Å²) in [5, 5.41) is 2.08. The molecule has 1 unspecified atom stereocenters. The summed E-state index contributed by atoms with van der Waals surface area (Å²) < 4.78 is 1.11. The maximum atomic E-state index is 5.84. The molecule has 1 atom stereocenters. The van der Waals surface area contributed by atoms with E-state index in [2.05, 4.69) is 51.2 Å². The molecule has 0 aromatic carbocycles. The number of thiophene rings is 1. The van der Waals surface area contributed by atoms with Gasteiger partial charge in [-0.05, 0) is 46.8 Å². The SMILES string of the molecule is CC(C)CC(CN)Cc1ncc(-c2cc(Br)cs2)[nH]1. The van der Waals surface area contributed by atoms with Crippen molar-refractivity contribution in [3.05, 3.63) is 27.9 Å². The third-order valence-corrected chi connectivity index (χ3v) is 4.81. The van der Waals surface area contributed by atoms with Crippen LogP contribution in [0.1, 0.15) is 26.1 Å². The largest absolute Gasteiger partial charge is 0.341 e. The number of nitrogens with one attached hydrogen (secondary N) is 1. The Morgan fingerprint density at radius 2 is 2.26 bits per heavy atom. The highest BCUT2D eigenvalue weighted by Crippen LogP contribution is 2.28. The first-order valence-electron chi connectivity index (χ1n) is 6.56. The van der Waals surface area contributed by atoms with Crippen molar-refractivity contribution in [3.63, 3.8) is 0 Å². The maximum absolute atomic E-state index is 5.84. The minimum Gasteiger partial charge on any atom is -0.341 e. The van der Waals surface area contributed by atoms with Crippen LogP contribution in [-0.4, -0.2) is 16.5 Å². The molecule has 19 heavy (non-hydrogen) atoms. The van der Waals surface area contributed by atoms with Gasteiger partial charge in [0.15, 0.2) is 0 Å². The van der Waals surface area contributed by atoms with E-state index in [-0.39, 0.29) is 0 Å². The molecule has 0 saturated carbocycles. The Hall–Kier alpha value is -0.650. The van der Waals surface area contributed by atoms with Crippen LogP contribution in [0, 0.1) is 11.8 Å². The fraction of sp³-hybridized carbons (Fsp3) is 0.500. The standard InChI is InChI=1S/C14H20BrN3S/c1-9(2)3-10(6-16)4-14-17-7-12(18-14)13-5-11(15)8-19-13/h5,7-10H,3-4,6,16H2,1-2H3,(H,17,18). The summed E-state index contributed by atoms with van der Waals surface area (Å²) in [6.07, 6.45) is 3.99. The van der Waals surface area contributed by atoms with E-state index in [4.69, 9.17) is 5.73 Å². The predicted molar refractivity (Wildman–Crippen MR) is 85.3 cm³/mol. The van der Waals surface area contributed by atoms with Crippen LogP contribution in [0.3, 0.4) is 0 Å². The lowest BCUT2D eigenvalue weighted by Gasteiger charge is -2.15. The summed E-state index contributed by atoms with van der Waals surface area (Å²) >= 11 is 5.18. The number of halogens is 1. The number of aromatic nitrogens is 2. The fourth-order valence-corrected chi connectivity index (χ4v) is 3.64. The number of hydrogen-bond acceptors (Lipinski definition) is 3. The van der Waals surface area contributed by atoms with E-state index in [1.807, 2.05) is 6.20 Å². The van der Waals surface area contributed by atoms with Crippen molar-refractivity contribution >= 4 is 27.3 Å². The van der Waals surface area contributed by atoms with Crippen LogP contribution >= 0.6 is 27.3 Å². The predicted octanol–water partition coefficient (Wildman–Crippen LogP) is 4.06. The van der Waals surface area contributed by atoms with Gasteiger partial charge in [0.25, 0.3) is 0 Å². The van der Waals surface area contributed by atoms with Crippen molar-refractivity contribution in [3.8, 4) is 10.6 Å². The molecule has 3 N–H and O–H groups in total. The average Bonchev–Trinajstić information content (AvgIpc) is 2.96. The first kappa shape index (κ1) is 14.8. The number of nitrogens with two attached hydrogens (primary N) is 1. The van der Waals surface area contributed by atoms with Crippen LogP contribution < -0.4 is 5.73 Å². The number of H-pyrrole nitrogens is 1. The van der Waals surface area contributed by atoms with Gasteiger partial charge in [-0.3, -0.25) is 0 Å². The summed E-state index contributed by atoms with van der Waals surface area (Å²) in [5.41, 5.74) is 6.93. The molecule has 0 spiro atoms. The van der Waals surface area contributed by atoms with Gasteiger partial charge in [-0.25, -0.2) is 4.98 Å². The zero-order valence-electron chi connectivity index (χ0n) is 11.3. The lowest BCUT2D eigenvalue weighted by atomic mass is 9.94. The van der Waals surface area contributed by atoms with Crippen LogP contribution in [0.2, 0.25) is 0 Å². The molecule has 0 amide bonds. The Morgan fingerprint density at radius 1 is 1.47 bits per heavy atom. The fourth-order valence-electron chi connectivity index (χ4n) is 2.25. The van der Waals surface area contributed by atoms with Gasteiger partial charge in [0.1, 0.15) is 5.82 Å². The second kappa shape index (κ2) is 6.68. The zero-order valence-corrected chi connectivity index (χ0v) is 13.7. The van der Waals surface area contributed by atoms with Crippen LogP contribution in [0.4, 0.5) is 0 Å². The zero-order chi connectivity index (χ0) is 13.8. The van der Waals surface area contributed by atoms with Gasteiger partial charge in [-0.1, -0.05) is 13.8 Å². The Bertz CT molecular complexity index is 518. The highest BCUT2D eigenvalue weighted by Gasteiger charge is 2.13. The third kappa shape index (κ3) is 4.16. The number of aromatic amines is 1. The number of imidazole rings is 1. The Kier molecular flexibility index (Phi) is 5.19. The Morgan fingerprint density at radius 3 is 2.84 bits per heavy atom. The Balaban J connectivity index is 2.04. The monoisotopic (exact) mass is 341 g/mol. The van der Waals surface area contributed by atoms with E-state index in [0.29, 0.717) is 11.8 Å². The minimum atomic E-state index is 0.508. The molecule has 2 aromatic rings. The highest BCUT2D eigenvalue weighted by molar-refractivity contribution is 9.10. The number of rotatable bonds is 6. The van der Waals surface area contributed by atoms with E-state index < -0.39 is 0 Å². The van der Waals surface area contributed by atoms with Gasteiger partial charge in [0.2, 0.25) is 0 Å². The van der Waals surface area contributed by atoms with Crippen molar-refractivity contribution < 1.29 is 0 Å². The number of nitrogens with zero attached hydrogens (tertiary/aromatic N) is 1. The molecule has 0 saturated heterocycles. The molecular formula is C14H20BrN3S. The first-order chi connectivity index (χ1) is 9.08. The first-order valence-corrected chi connectivity index (χ1v) is 8.24. The molecule has 2 rings (SSSR count). The van der Waals surface area contributed by atoms with Crippen LogP contribution in [0.25, 0.3) is 10.6 Å². The van der Waals surface area contributed by atoms with Crippen molar-refractivity contribution in [1.29, 1.82) is 0 Å². The van der Waals surface area contributed by atoms with E-state index in [1.165, 1.54) is 4.88 Å². The maximum Gasteiger partial charge on any atom is 0.106 e. The van der Waals surface area contributed by atoms with E-state index in [9.17, 15) is 0 Å². The molecule has 2 heterocycles. The van der Waals surface area contributed by atoms with Crippen molar-refractivity contribution in [2.45, 2.75) is 26.7 Å². The summed E-state index contributed by atoms with van der Waals surface area (Å²) in [7, 11) is 0. The molecule has 0 radical (unpaired) electrons. The molecule has 2 aromatic heterocycles. The third-order valence-electron chi connectivity index (χ3n) is 3.08. The second-order valence-electron chi connectivity index (χ2n) is 5.31. The minimum absolute atomic E-state index is 0.508.